The van der Waals surface area contributed by atoms with Crippen LogP contribution in [-0.4, -0.2) is 53.3 Å². The maximum atomic E-state index is 12.1. The van der Waals surface area contributed by atoms with Crippen molar-refractivity contribution in [2.24, 2.45) is 5.92 Å². The maximum Gasteiger partial charge on any atom is 0.326 e. The minimum Gasteiger partial charge on any atom is -0.480 e. The lowest BCUT2D eigenvalue weighted by Gasteiger charge is -2.32. The first-order valence-electron chi connectivity index (χ1n) is 6.57. The molecule has 2 bridgehead atoms. The number of morpholine rings is 1. The van der Waals surface area contributed by atoms with E-state index >= 15 is 0 Å². The van der Waals surface area contributed by atoms with Crippen LogP contribution < -0.4 is 5.32 Å². The normalized spacial score (nSPS) is 32.1. The number of carbonyl (C=O) groups is 2. The monoisotopic (exact) mass is 254 g/mol. The van der Waals surface area contributed by atoms with Crippen LogP contribution in [0.3, 0.4) is 0 Å². The molecule has 0 spiro atoms. The molecule has 3 atom stereocenters. The van der Waals surface area contributed by atoms with E-state index < -0.39 is 12.0 Å². The van der Waals surface area contributed by atoms with Gasteiger partial charge in [-0.3, -0.25) is 0 Å². The molecule has 0 aromatic heterocycles. The Morgan fingerprint density at radius 3 is 2.28 bits per heavy atom. The highest BCUT2D eigenvalue weighted by Crippen LogP contribution is 2.33. The van der Waals surface area contributed by atoms with E-state index in [1.165, 1.54) is 0 Å². The molecule has 3 aliphatic rings. The summed E-state index contributed by atoms with van der Waals surface area (Å²) < 4.78 is 5.65. The first-order chi connectivity index (χ1) is 8.63. The van der Waals surface area contributed by atoms with Crippen LogP contribution in [0.15, 0.2) is 0 Å². The first kappa shape index (κ1) is 11.8. The summed E-state index contributed by atoms with van der Waals surface area (Å²) in [6.07, 6.45) is 4.06. The third-order valence-electron chi connectivity index (χ3n) is 3.97. The van der Waals surface area contributed by atoms with E-state index in [1.54, 1.807) is 4.90 Å². The number of likely N-dealkylation sites (tertiary alicyclic amines) is 1. The van der Waals surface area contributed by atoms with Gasteiger partial charge in [-0.05, 0) is 31.6 Å². The smallest absolute Gasteiger partial charge is 0.326 e. The maximum absolute atomic E-state index is 12.1. The minimum absolute atomic E-state index is 0.115. The van der Waals surface area contributed by atoms with Gasteiger partial charge in [0.2, 0.25) is 0 Å². The minimum atomic E-state index is -0.929. The quantitative estimate of drug-likeness (QED) is 0.765. The molecule has 0 aromatic rings. The van der Waals surface area contributed by atoms with Crippen molar-refractivity contribution in [1.29, 1.82) is 0 Å². The van der Waals surface area contributed by atoms with Gasteiger partial charge in [0.15, 0.2) is 0 Å². The number of urea groups is 1. The number of ether oxygens (including phenoxy) is 1. The molecule has 2 heterocycles. The average Bonchev–Trinajstić information content (AvgIpc) is 3.12. The summed E-state index contributed by atoms with van der Waals surface area (Å²) in [5.41, 5.74) is 0. The summed E-state index contributed by atoms with van der Waals surface area (Å²) in [7, 11) is 0. The Morgan fingerprint density at radius 1 is 1.17 bits per heavy atom. The van der Waals surface area contributed by atoms with Crippen LogP contribution in [0.5, 0.6) is 0 Å². The van der Waals surface area contributed by atoms with Crippen LogP contribution in [0, 0.1) is 5.92 Å². The number of nitrogens with zero attached hydrogens (tertiary/aromatic N) is 1. The molecule has 100 valence electrons. The van der Waals surface area contributed by atoms with Gasteiger partial charge in [-0.1, -0.05) is 0 Å². The van der Waals surface area contributed by atoms with E-state index in [0.29, 0.717) is 13.1 Å². The highest BCUT2D eigenvalue weighted by Gasteiger charge is 2.40. The van der Waals surface area contributed by atoms with E-state index in [-0.39, 0.29) is 24.2 Å². The number of rotatable bonds is 3. The number of carboxylic acids is 1. The average molecular weight is 254 g/mol. The number of fused-ring (bicyclic) bond motifs is 2. The molecular formula is C12H18N2O4. The topological polar surface area (TPSA) is 78.9 Å². The van der Waals surface area contributed by atoms with Crippen molar-refractivity contribution in [1.82, 2.24) is 10.2 Å². The van der Waals surface area contributed by atoms with E-state index in [0.717, 1.165) is 25.7 Å². The van der Waals surface area contributed by atoms with E-state index in [4.69, 9.17) is 9.84 Å². The van der Waals surface area contributed by atoms with E-state index in [1.807, 2.05) is 0 Å². The van der Waals surface area contributed by atoms with Gasteiger partial charge in [0.1, 0.15) is 6.04 Å². The van der Waals surface area contributed by atoms with Crippen LogP contribution in [0.25, 0.3) is 0 Å². The van der Waals surface area contributed by atoms with Crippen molar-refractivity contribution in [3.63, 3.8) is 0 Å². The van der Waals surface area contributed by atoms with E-state index in [9.17, 15) is 9.59 Å². The van der Waals surface area contributed by atoms with Crippen LogP contribution in [0.1, 0.15) is 25.7 Å². The Bertz CT molecular complexity index is 357. The fraction of sp³-hybridized carbons (Fsp3) is 0.833. The second-order valence-corrected chi connectivity index (χ2v) is 5.47. The molecule has 1 aliphatic carbocycles. The van der Waals surface area contributed by atoms with Crippen molar-refractivity contribution in [3.8, 4) is 0 Å². The number of carbonyl (C=O) groups excluding carboxylic acids is 1. The Labute approximate surface area is 105 Å². The highest BCUT2D eigenvalue weighted by atomic mass is 16.5. The summed E-state index contributed by atoms with van der Waals surface area (Å²) in [6.45, 7) is 1.17. The molecule has 6 nitrogen and oxygen atoms in total. The van der Waals surface area contributed by atoms with Crippen molar-refractivity contribution in [3.05, 3.63) is 0 Å². The summed E-state index contributed by atoms with van der Waals surface area (Å²) in [5.74, 6) is -0.814. The largest absolute Gasteiger partial charge is 0.480 e. The summed E-state index contributed by atoms with van der Waals surface area (Å²) in [4.78, 5) is 24.8. The standard InChI is InChI=1S/C12H18N2O4/c15-11(16)10(7-1-2-7)13-12(17)14-5-8-3-4-9(6-14)18-8/h7-10H,1-6H2,(H,13,17)(H,15,16). The summed E-state index contributed by atoms with van der Waals surface area (Å²) in [5, 5.41) is 11.7. The van der Waals surface area contributed by atoms with Crippen LogP contribution in [-0.2, 0) is 9.53 Å². The number of nitrogens with one attached hydrogen (secondary N) is 1. The molecule has 18 heavy (non-hydrogen) atoms. The van der Waals surface area contributed by atoms with Crippen LogP contribution >= 0.6 is 0 Å². The number of carboxylic acid groups (broad SMARTS) is 1. The molecule has 0 radical (unpaired) electrons. The molecular weight excluding hydrogens is 236 g/mol. The molecule has 2 N–H and O–H groups in total. The molecule has 1 saturated carbocycles. The Balaban J connectivity index is 1.58. The van der Waals surface area contributed by atoms with Gasteiger partial charge in [0.05, 0.1) is 12.2 Å². The third-order valence-corrected chi connectivity index (χ3v) is 3.97. The lowest BCUT2D eigenvalue weighted by atomic mass is 10.2. The first-order valence-corrected chi connectivity index (χ1v) is 6.57. The Kier molecular flexibility index (Phi) is 2.89. The number of hydrogen-bond acceptors (Lipinski definition) is 3. The molecule has 6 heteroatoms. The fourth-order valence-corrected chi connectivity index (χ4v) is 2.82. The SMILES string of the molecule is O=C(O)C(NC(=O)N1CC2CCC(C1)O2)C1CC1. The highest BCUT2D eigenvalue weighted by molar-refractivity contribution is 5.83. The molecule has 2 amide bonds. The van der Waals surface area contributed by atoms with Crippen LogP contribution in [0.4, 0.5) is 4.79 Å². The van der Waals surface area contributed by atoms with Gasteiger partial charge in [0.25, 0.3) is 0 Å². The van der Waals surface area contributed by atoms with Crippen molar-refractivity contribution in [2.45, 2.75) is 43.9 Å². The number of amides is 2. The van der Waals surface area contributed by atoms with Gasteiger partial charge in [-0.2, -0.15) is 0 Å². The third kappa shape index (κ3) is 2.29. The lowest BCUT2D eigenvalue weighted by molar-refractivity contribution is -0.139. The zero-order valence-corrected chi connectivity index (χ0v) is 10.2. The molecule has 0 aromatic carbocycles. The van der Waals surface area contributed by atoms with Gasteiger partial charge in [0, 0.05) is 13.1 Å². The number of aliphatic carboxylic acids is 1. The molecule has 2 saturated heterocycles. The Morgan fingerprint density at radius 2 is 1.78 bits per heavy atom. The second-order valence-electron chi connectivity index (χ2n) is 5.47. The zero-order chi connectivity index (χ0) is 12.7. The van der Waals surface area contributed by atoms with Gasteiger partial charge < -0.3 is 20.1 Å². The molecule has 3 fully saturated rings. The number of hydrogen-bond donors (Lipinski definition) is 2. The predicted molar refractivity (Wildman–Crippen MR) is 62.1 cm³/mol. The zero-order valence-electron chi connectivity index (χ0n) is 10.2. The molecule has 2 aliphatic heterocycles. The predicted octanol–water partition coefficient (Wildman–Crippen LogP) is 0.422. The fourth-order valence-electron chi connectivity index (χ4n) is 2.82. The van der Waals surface area contributed by atoms with Crippen molar-refractivity contribution >= 4 is 12.0 Å². The summed E-state index contributed by atoms with van der Waals surface area (Å²) in [6, 6.07) is -0.979. The van der Waals surface area contributed by atoms with Gasteiger partial charge in [-0.25, -0.2) is 9.59 Å². The van der Waals surface area contributed by atoms with Crippen molar-refractivity contribution in [2.75, 3.05) is 13.1 Å². The van der Waals surface area contributed by atoms with Gasteiger partial charge in [-0.15, -0.1) is 0 Å². The van der Waals surface area contributed by atoms with Crippen molar-refractivity contribution < 1.29 is 19.4 Å². The molecule has 3 rings (SSSR count). The van der Waals surface area contributed by atoms with Crippen LogP contribution in [0.2, 0.25) is 0 Å². The second kappa shape index (κ2) is 4.42. The van der Waals surface area contributed by atoms with E-state index in [2.05, 4.69) is 5.32 Å². The Hall–Kier alpha value is -1.30. The van der Waals surface area contributed by atoms with Gasteiger partial charge >= 0.3 is 12.0 Å². The summed E-state index contributed by atoms with van der Waals surface area (Å²) >= 11 is 0. The molecule has 3 unspecified atom stereocenters. The lowest BCUT2D eigenvalue weighted by Crippen LogP contribution is -2.54.